The van der Waals surface area contributed by atoms with E-state index in [1.165, 1.54) is 12.8 Å². The number of carboxylic acid groups (broad SMARTS) is 1. The number of amides is 2. The Hall–Kier alpha value is -1.34. The Balaban J connectivity index is 1.88. The lowest BCUT2D eigenvalue weighted by molar-refractivity contribution is -0.140. The van der Waals surface area contributed by atoms with Crippen molar-refractivity contribution in [1.82, 2.24) is 15.1 Å². The highest BCUT2D eigenvalue weighted by Crippen LogP contribution is 2.20. The molecular formula is C12H21N3O4. The van der Waals surface area contributed by atoms with Crippen molar-refractivity contribution in [3.8, 4) is 0 Å². The molecule has 0 aromatic carbocycles. The topological polar surface area (TPSA) is 93.1 Å². The maximum Gasteiger partial charge on any atom is 0.328 e. The van der Waals surface area contributed by atoms with E-state index in [1.54, 1.807) is 4.90 Å². The summed E-state index contributed by atoms with van der Waals surface area (Å²) in [5.41, 5.74) is 0. The van der Waals surface area contributed by atoms with Crippen LogP contribution in [0.2, 0.25) is 0 Å². The van der Waals surface area contributed by atoms with Crippen LogP contribution in [0.5, 0.6) is 0 Å². The molecule has 2 atom stereocenters. The fourth-order valence-corrected chi connectivity index (χ4v) is 2.77. The van der Waals surface area contributed by atoms with Crippen LogP contribution < -0.4 is 5.32 Å². The van der Waals surface area contributed by atoms with Crippen LogP contribution in [0.15, 0.2) is 0 Å². The van der Waals surface area contributed by atoms with Gasteiger partial charge in [0.2, 0.25) is 0 Å². The van der Waals surface area contributed by atoms with Crippen LogP contribution in [0.4, 0.5) is 4.79 Å². The monoisotopic (exact) mass is 271 g/mol. The van der Waals surface area contributed by atoms with Gasteiger partial charge in [0.05, 0.1) is 6.61 Å². The minimum Gasteiger partial charge on any atom is -0.480 e. The molecule has 2 aliphatic rings. The summed E-state index contributed by atoms with van der Waals surface area (Å²) in [6, 6.07) is -1.23. The SMILES string of the molecule is O=C(O)[C@@H](CO)NC(=O)N1CCN2CCCCC2C1. The van der Waals surface area contributed by atoms with Gasteiger partial charge in [0, 0.05) is 25.7 Å². The molecule has 2 fully saturated rings. The van der Waals surface area contributed by atoms with E-state index < -0.39 is 24.6 Å². The van der Waals surface area contributed by atoms with Crippen molar-refractivity contribution in [2.45, 2.75) is 31.3 Å². The Morgan fingerprint density at radius 2 is 2.05 bits per heavy atom. The predicted molar refractivity (Wildman–Crippen MR) is 67.8 cm³/mol. The van der Waals surface area contributed by atoms with Crippen LogP contribution in [-0.2, 0) is 4.79 Å². The Labute approximate surface area is 112 Å². The highest BCUT2D eigenvalue weighted by Gasteiger charge is 2.32. The van der Waals surface area contributed by atoms with Gasteiger partial charge in [0.15, 0.2) is 6.04 Å². The lowest BCUT2D eigenvalue weighted by Crippen LogP contribution is -2.59. The summed E-state index contributed by atoms with van der Waals surface area (Å²) in [5, 5.41) is 20.1. The number of piperidine rings is 1. The van der Waals surface area contributed by atoms with Gasteiger partial charge in [-0.2, -0.15) is 0 Å². The average Bonchev–Trinajstić information content (AvgIpc) is 2.43. The Bertz CT molecular complexity index is 350. The molecule has 2 rings (SSSR count). The van der Waals surface area contributed by atoms with E-state index >= 15 is 0 Å². The smallest absolute Gasteiger partial charge is 0.328 e. The third-order valence-electron chi connectivity index (χ3n) is 3.90. The molecule has 0 bridgehead atoms. The summed E-state index contributed by atoms with van der Waals surface area (Å²) in [6.07, 6.45) is 3.49. The standard InChI is InChI=1S/C12H21N3O4/c16-8-10(11(17)18)13-12(19)15-6-5-14-4-2-1-3-9(14)7-15/h9-10,16H,1-8H2,(H,13,19)(H,17,18)/t9?,10-/m1/s1. The zero-order valence-electron chi connectivity index (χ0n) is 10.9. The molecule has 0 radical (unpaired) electrons. The number of nitrogens with one attached hydrogen (secondary N) is 1. The zero-order valence-corrected chi connectivity index (χ0v) is 10.9. The first-order chi connectivity index (χ1) is 9.11. The molecule has 2 aliphatic heterocycles. The molecule has 0 saturated carbocycles. The number of hydrogen-bond donors (Lipinski definition) is 3. The number of rotatable bonds is 3. The van der Waals surface area contributed by atoms with Gasteiger partial charge in [-0.3, -0.25) is 4.90 Å². The summed E-state index contributed by atoms with van der Waals surface area (Å²) >= 11 is 0. The van der Waals surface area contributed by atoms with Crippen LogP contribution in [-0.4, -0.2) is 76.9 Å². The van der Waals surface area contributed by atoms with Crippen molar-refractivity contribution in [3.05, 3.63) is 0 Å². The van der Waals surface area contributed by atoms with Crippen LogP contribution in [0.1, 0.15) is 19.3 Å². The summed E-state index contributed by atoms with van der Waals surface area (Å²) < 4.78 is 0. The maximum atomic E-state index is 12.0. The molecule has 3 N–H and O–H groups in total. The lowest BCUT2D eigenvalue weighted by Gasteiger charge is -2.44. The second kappa shape index (κ2) is 6.21. The Morgan fingerprint density at radius 3 is 2.74 bits per heavy atom. The summed E-state index contributed by atoms with van der Waals surface area (Å²) in [5.74, 6) is -1.22. The summed E-state index contributed by atoms with van der Waals surface area (Å²) in [7, 11) is 0. The fraction of sp³-hybridized carbons (Fsp3) is 0.833. The molecule has 7 heteroatoms. The molecule has 0 aromatic rings. The van der Waals surface area contributed by atoms with E-state index in [0.717, 1.165) is 19.5 Å². The molecule has 7 nitrogen and oxygen atoms in total. The van der Waals surface area contributed by atoms with Crippen molar-refractivity contribution in [2.75, 3.05) is 32.8 Å². The van der Waals surface area contributed by atoms with E-state index in [4.69, 9.17) is 10.2 Å². The first-order valence-electron chi connectivity index (χ1n) is 6.75. The minimum atomic E-state index is -1.23. The van der Waals surface area contributed by atoms with Crippen molar-refractivity contribution < 1.29 is 19.8 Å². The number of carboxylic acids is 1. The largest absolute Gasteiger partial charge is 0.480 e. The molecule has 1 unspecified atom stereocenters. The van der Waals surface area contributed by atoms with Gasteiger partial charge < -0.3 is 20.4 Å². The summed E-state index contributed by atoms with van der Waals surface area (Å²) in [4.78, 5) is 26.8. The van der Waals surface area contributed by atoms with E-state index in [2.05, 4.69) is 10.2 Å². The van der Waals surface area contributed by atoms with Crippen LogP contribution >= 0.6 is 0 Å². The van der Waals surface area contributed by atoms with Gasteiger partial charge in [-0.15, -0.1) is 0 Å². The number of urea groups is 1. The van der Waals surface area contributed by atoms with E-state index in [9.17, 15) is 9.59 Å². The second-order valence-electron chi connectivity index (χ2n) is 5.15. The van der Waals surface area contributed by atoms with Gasteiger partial charge in [0.25, 0.3) is 0 Å². The molecule has 0 aromatic heterocycles. The van der Waals surface area contributed by atoms with Gasteiger partial charge in [-0.05, 0) is 19.4 Å². The normalized spacial score (nSPS) is 25.5. The Kier molecular flexibility index (Phi) is 4.60. The Morgan fingerprint density at radius 1 is 1.26 bits per heavy atom. The maximum absolute atomic E-state index is 12.0. The molecule has 108 valence electrons. The fourth-order valence-electron chi connectivity index (χ4n) is 2.77. The van der Waals surface area contributed by atoms with Gasteiger partial charge >= 0.3 is 12.0 Å². The van der Waals surface area contributed by atoms with E-state index in [1.807, 2.05) is 0 Å². The highest BCUT2D eigenvalue weighted by atomic mass is 16.4. The number of aliphatic hydroxyl groups is 1. The predicted octanol–water partition coefficient (Wildman–Crippen LogP) is -0.688. The third-order valence-corrected chi connectivity index (χ3v) is 3.90. The van der Waals surface area contributed by atoms with Crippen LogP contribution in [0, 0.1) is 0 Å². The molecular weight excluding hydrogens is 250 g/mol. The number of fused-ring (bicyclic) bond motifs is 1. The zero-order chi connectivity index (χ0) is 13.8. The van der Waals surface area contributed by atoms with Crippen molar-refractivity contribution in [1.29, 1.82) is 0 Å². The van der Waals surface area contributed by atoms with Crippen LogP contribution in [0.25, 0.3) is 0 Å². The first kappa shape index (κ1) is 14.1. The molecule has 2 amide bonds. The van der Waals surface area contributed by atoms with Crippen molar-refractivity contribution in [3.63, 3.8) is 0 Å². The number of aliphatic hydroxyl groups excluding tert-OH is 1. The first-order valence-corrected chi connectivity index (χ1v) is 6.75. The third kappa shape index (κ3) is 3.36. The average molecular weight is 271 g/mol. The molecule has 2 saturated heterocycles. The van der Waals surface area contributed by atoms with Crippen LogP contribution in [0.3, 0.4) is 0 Å². The molecule has 0 aliphatic carbocycles. The van der Waals surface area contributed by atoms with E-state index in [0.29, 0.717) is 19.1 Å². The highest BCUT2D eigenvalue weighted by molar-refractivity contribution is 5.82. The van der Waals surface area contributed by atoms with Gasteiger partial charge in [-0.1, -0.05) is 6.42 Å². The number of piperazine rings is 1. The number of carbonyl (C=O) groups excluding carboxylic acids is 1. The number of hydrogen-bond acceptors (Lipinski definition) is 4. The number of nitrogens with zero attached hydrogens (tertiary/aromatic N) is 2. The molecule has 19 heavy (non-hydrogen) atoms. The molecule has 2 heterocycles. The minimum absolute atomic E-state index is 0.394. The lowest BCUT2D eigenvalue weighted by atomic mass is 10.00. The number of aliphatic carboxylic acids is 1. The van der Waals surface area contributed by atoms with Gasteiger partial charge in [0.1, 0.15) is 0 Å². The molecule has 0 spiro atoms. The quantitative estimate of drug-likeness (QED) is 0.632. The van der Waals surface area contributed by atoms with E-state index in [-0.39, 0.29) is 0 Å². The van der Waals surface area contributed by atoms with Gasteiger partial charge in [-0.25, -0.2) is 9.59 Å². The van der Waals surface area contributed by atoms with Crippen molar-refractivity contribution >= 4 is 12.0 Å². The van der Waals surface area contributed by atoms with Crippen molar-refractivity contribution in [2.24, 2.45) is 0 Å². The second-order valence-corrected chi connectivity index (χ2v) is 5.15. The number of carbonyl (C=O) groups is 2. The summed E-state index contributed by atoms with van der Waals surface area (Å²) in [6.45, 7) is 2.59.